The van der Waals surface area contributed by atoms with Gasteiger partial charge in [-0.25, -0.2) is 4.39 Å². The Bertz CT molecular complexity index is 1670. The molecule has 0 saturated carbocycles. The Labute approximate surface area is 263 Å². The van der Waals surface area contributed by atoms with Gasteiger partial charge in [-0.3, -0.25) is 29.2 Å². The van der Waals surface area contributed by atoms with Gasteiger partial charge >= 0.3 is 6.18 Å². The molecule has 1 aliphatic rings. The summed E-state index contributed by atoms with van der Waals surface area (Å²) < 4.78 is 71.0. The van der Waals surface area contributed by atoms with Gasteiger partial charge in [0, 0.05) is 56.4 Å². The lowest BCUT2D eigenvalue weighted by Crippen LogP contribution is -2.36. The Morgan fingerprint density at radius 1 is 1.22 bits per heavy atom. The van der Waals surface area contributed by atoms with Crippen molar-refractivity contribution >= 4 is 35.9 Å². The van der Waals surface area contributed by atoms with Gasteiger partial charge in [0.15, 0.2) is 5.75 Å². The zero-order chi connectivity index (χ0) is 33.8. The number of aromatic nitrogens is 1. The van der Waals surface area contributed by atoms with E-state index in [0.717, 1.165) is 4.90 Å². The Hall–Kier alpha value is -3.87. The Morgan fingerprint density at radius 3 is 2.57 bits per heavy atom. The third-order valence-electron chi connectivity index (χ3n) is 7.70. The van der Waals surface area contributed by atoms with Crippen LogP contribution >= 0.6 is 7.37 Å². The fourth-order valence-electron chi connectivity index (χ4n) is 5.16. The van der Waals surface area contributed by atoms with Gasteiger partial charge in [-0.1, -0.05) is 25.1 Å². The third kappa shape index (κ3) is 8.09. The number of amides is 2. The standard InChI is InChI=1S/C31H35F4N4O6P/c1-4-6-24(40)19(2)37-18-46(44,45-17-31(33,34)35)14-13-38(3)29(42)25-22-7-5-12-36-27(22)28(41)26-23(25)16-39(30(26)43)15-20-8-10-21(32)11-9-20/h5,7-12,19,37,41H,4,6,13-18H2,1-3H3/t19-,46?/m0/s1. The fourth-order valence-corrected chi connectivity index (χ4v) is 7.08. The zero-order valence-corrected chi connectivity index (χ0v) is 26.5. The van der Waals surface area contributed by atoms with E-state index in [2.05, 4.69) is 10.3 Å². The number of nitrogens with one attached hydrogen (secondary N) is 1. The lowest BCUT2D eigenvalue weighted by atomic mass is 9.95. The van der Waals surface area contributed by atoms with Crippen LogP contribution in [0.2, 0.25) is 0 Å². The van der Waals surface area contributed by atoms with Crippen LogP contribution in [0.1, 0.15) is 58.5 Å². The smallest absolute Gasteiger partial charge is 0.412 e. The van der Waals surface area contributed by atoms with Crippen LogP contribution in [0.4, 0.5) is 17.6 Å². The predicted molar refractivity (Wildman–Crippen MR) is 162 cm³/mol. The number of rotatable bonds is 14. The highest BCUT2D eigenvalue weighted by Gasteiger charge is 2.38. The van der Waals surface area contributed by atoms with Crippen molar-refractivity contribution in [3.05, 3.63) is 70.7 Å². The van der Waals surface area contributed by atoms with E-state index in [4.69, 9.17) is 4.52 Å². The van der Waals surface area contributed by atoms with E-state index in [-0.39, 0.29) is 59.4 Å². The molecule has 0 saturated heterocycles. The molecule has 2 atom stereocenters. The molecule has 1 aliphatic heterocycles. The van der Waals surface area contributed by atoms with Crippen LogP contribution in [0.15, 0.2) is 42.6 Å². The summed E-state index contributed by atoms with van der Waals surface area (Å²) in [4.78, 5) is 46.3. The van der Waals surface area contributed by atoms with E-state index in [9.17, 15) is 41.6 Å². The van der Waals surface area contributed by atoms with Gasteiger partial charge in [-0.15, -0.1) is 0 Å². The number of fused-ring (bicyclic) bond motifs is 2. The predicted octanol–water partition coefficient (Wildman–Crippen LogP) is 5.47. The first-order chi connectivity index (χ1) is 21.6. The number of carbonyl (C=O) groups is 3. The Morgan fingerprint density at radius 2 is 1.91 bits per heavy atom. The van der Waals surface area contributed by atoms with Crippen LogP contribution in [0.3, 0.4) is 0 Å². The van der Waals surface area contributed by atoms with E-state index in [1.807, 2.05) is 0 Å². The van der Waals surface area contributed by atoms with Crippen molar-refractivity contribution < 1.29 is 46.1 Å². The number of benzene rings is 2. The number of hydrogen-bond acceptors (Lipinski definition) is 8. The normalized spacial score (nSPS) is 15.1. The molecule has 1 unspecified atom stereocenters. The van der Waals surface area contributed by atoms with Crippen molar-refractivity contribution in [1.82, 2.24) is 20.1 Å². The molecular formula is C31H35F4N4O6P. The summed E-state index contributed by atoms with van der Waals surface area (Å²) >= 11 is 0. The molecular weight excluding hydrogens is 631 g/mol. The number of Topliss-reactive ketones (excluding diaryl/α,β-unsaturated/α-hetero) is 1. The largest absolute Gasteiger partial charge is 0.505 e. The van der Waals surface area contributed by atoms with Gasteiger partial charge in [-0.05, 0) is 37.1 Å². The molecule has 0 bridgehead atoms. The molecule has 1 aromatic heterocycles. The molecule has 2 heterocycles. The number of phenolic OH excluding ortho intramolecular Hbond substituents is 1. The molecule has 0 fully saturated rings. The molecule has 2 aromatic carbocycles. The minimum Gasteiger partial charge on any atom is -0.505 e. The number of aromatic hydroxyl groups is 1. The second-order valence-corrected chi connectivity index (χ2v) is 13.9. The second-order valence-electron chi connectivity index (χ2n) is 11.2. The van der Waals surface area contributed by atoms with Crippen LogP contribution in [0.5, 0.6) is 5.75 Å². The van der Waals surface area contributed by atoms with Gasteiger partial charge in [-0.2, -0.15) is 13.2 Å². The molecule has 0 radical (unpaired) electrons. The zero-order valence-electron chi connectivity index (χ0n) is 25.6. The van der Waals surface area contributed by atoms with Crippen LogP contribution in [-0.4, -0.2) is 82.4 Å². The number of phenols is 1. The fraction of sp³-hybridized carbons (Fsp3) is 0.419. The SMILES string of the molecule is CCCC(=O)[C@H](C)NCP(=O)(CCN(C)C(=O)c1c2c(c(O)c3ncccc13)C(=O)N(Cc1ccc(F)cc1)C2)OCC(F)(F)F. The number of carbonyl (C=O) groups excluding carboxylic acids is 3. The minimum atomic E-state index is -4.76. The van der Waals surface area contributed by atoms with Crippen molar-refractivity contribution in [1.29, 1.82) is 0 Å². The molecule has 15 heteroatoms. The number of hydrogen-bond donors (Lipinski definition) is 2. The second kappa shape index (κ2) is 14.3. The number of ketones is 1. The first-order valence-electron chi connectivity index (χ1n) is 14.6. The molecule has 3 aromatic rings. The van der Waals surface area contributed by atoms with Crippen LogP contribution in [0, 0.1) is 5.82 Å². The topological polar surface area (TPSA) is 129 Å². The van der Waals surface area contributed by atoms with E-state index in [1.54, 1.807) is 19.1 Å². The first kappa shape index (κ1) is 35.0. The highest BCUT2D eigenvalue weighted by Crippen LogP contribution is 2.47. The molecule has 4 rings (SSSR count). The number of pyridine rings is 1. The van der Waals surface area contributed by atoms with Gasteiger partial charge in [0.1, 0.15) is 23.7 Å². The van der Waals surface area contributed by atoms with Gasteiger partial charge < -0.3 is 19.4 Å². The quantitative estimate of drug-likeness (QED) is 0.171. The van der Waals surface area contributed by atoms with Gasteiger partial charge in [0.05, 0.1) is 23.5 Å². The Kier molecular flexibility index (Phi) is 10.9. The molecule has 46 heavy (non-hydrogen) atoms. The van der Waals surface area contributed by atoms with E-state index in [1.165, 1.54) is 49.3 Å². The minimum absolute atomic E-state index is 0.00379. The van der Waals surface area contributed by atoms with Crippen molar-refractivity contribution in [2.75, 3.05) is 32.6 Å². The first-order valence-corrected chi connectivity index (χ1v) is 16.6. The summed E-state index contributed by atoms with van der Waals surface area (Å²) in [6.07, 6.45) is -3.54. The molecule has 10 nitrogen and oxygen atoms in total. The lowest BCUT2D eigenvalue weighted by molar-refractivity contribution is -0.153. The summed E-state index contributed by atoms with van der Waals surface area (Å²) in [5.74, 6) is -2.26. The summed E-state index contributed by atoms with van der Waals surface area (Å²) in [6.45, 7) is 1.25. The molecule has 0 aliphatic carbocycles. The number of halogens is 4. The van der Waals surface area contributed by atoms with Crippen LogP contribution < -0.4 is 5.32 Å². The summed E-state index contributed by atoms with van der Waals surface area (Å²) in [5, 5.41) is 14.0. The number of nitrogens with zero attached hydrogens (tertiary/aromatic N) is 3. The highest BCUT2D eigenvalue weighted by molar-refractivity contribution is 7.58. The van der Waals surface area contributed by atoms with Crippen LogP contribution in [0.25, 0.3) is 10.9 Å². The molecule has 248 valence electrons. The average Bonchev–Trinajstić information content (AvgIpc) is 3.33. The highest BCUT2D eigenvalue weighted by atomic mass is 31.2. The molecule has 2 amide bonds. The van der Waals surface area contributed by atoms with Gasteiger partial charge in [0.25, 0.3) is 11.8 Å². The summed E-state index contributed by atoms with van der Waals surface area (Å²) in [7, 11) is -2.70. The number of alkyl halides is 3. The lowest BCUT2D eigenvalue weighted by Gasteiger charge is -2.25. The van der Waals surface area contributed by atoms with Crippen molar-refractivity contribution in [2.24, 2.45) is 0 Å². The maximum absolute atomic E-state index is 14.0. The maximum atomic E-state index is 14.0. The van der Waals surface area contributed by atoms with E-state index in [0.29, 0.717) is 12.0 Å². The van der Waals surface area contributed by atoms with Crippen molar-refractivity contribution in [3.63, 3.8) is 0 Å². The molecule has 0 spiro atoms. The van der Waals surface area contributed by atoms with E-state index >= 15 is 0 Å². The monoisotopic (exact) mass is 666 g/mol. The third-order valence-corrected chi connectivity index (χ3v) is 9.84. The van der Waals surface area contributed by atoms with Crippen molar-refractivity contribution in [3.8, 4) is 5.75 Å². The van der Waals surface area contributed by atoms with E-state index < -0.39 is 62.0 Å². The summed E-state index contributed by atoms with van der Waals surface area (Å²) in [5.41, 5.74) is 0.784. The van der Waals surface area contributed by atoms with Crippen LogP contribution in [-0.2, 0) is 27.0 Å². The molecule has 2 N–H and O–H groups in total. The maximum Gasteiger partial charge on any atom is 0.412 e. The Balaban J connectivity index is 1.60. The average molecular weight is 667 g/mol. The van der Waals surface area contributed by atoms with Crippen molar-refractivity contribution in [2.45, 2.75) is 52.0 Å². The van der Waals surface area contributed by atoms with Gasteiger partial charge in [0.2, 0.25) is 7.37 Å². The summed E-state index contributed by atoms with van der Waals surface area (Å²) in [6, 6.07) is 7.85.